The maximum Gasteiger partial charge on any atom is 0.277 e. The first kappa shape index (κ1) is 12.8. The van der Waals surface area contributed by atoms with Gasteiger partial charge in [-0.25, -0.2) is 9.97 Å². The molecular weight excluding hydrogens is 273 g/mol. The molecule has 0 saturated heterocycles. The minimum Gasteiger partial charge on any atom is -0.305 e. The number of hydrogen-bond donors (Lipinski definition) is 1. The van der Waals surface area contributed by atoms with Crippen molar-refractivity contribution in [3.8, 4) is 0 Å². The quantitative estimate of drug-likeness (QED) is 0.859. The molecule has 1 N–H and O–H groups in total. The number of nitrogens with one attached hydrogen (secondary N) is 1. The first-order valence-corrected chi connectivity index (χ1v) is 5.88. The molecule has 0 unspecified atom stereocenters. The molecule has 2 heterocycles. The lowest BCUT2D eigenvalue weighted by Crippen LogP contribution is -2.15. The van der Waals surface area contributed by atoms with E-state index in [1.807, 2.05) is 13.0 Å². The molecule has 2 aromatic rings. The Kier molecular flexibility index (Phi) is 3.79. The lowest BCUT2D eigenvalue weighted by atomic mass is 10.3. The molecule has 18 heavy (non-hydrogen) atoms. The summed E-state index contributed by atoms with van der Waals surface area (Å²) in [5.74, 6) is -0.00144. The monoisotopic (exact) mass is 281 g/mol. The zero-order chi connectivity index (χ0) is 13.1. The zero-order valence-electron chi connectivity index (χ0n) is 9.45. The second-order valence-corrected chi connectivity index (χ2v) is 4.43. The van der Waals surface area contributed by atoms with Gasteiger partial charge in [0.2, 0.25) is 0 Å². The highest BCUT2D eigenvalue weighted by Gasteiger charge is 2.13. The third-order valence-corrected chi connectivity index (χ3v) is 2.70. The Balaban J connectivity index is 2.24. The normalized spacial score (nSPS) is 10.2. The van der Waals surface area contributed by atoms with Crippen LogP contribution in [0.1, 0.15) is 16.1 Å². The maximum atomic E-state index is 11.9. The third-order valence-electron chi connectivity index (χ3n) is 2.18. The van der Waals surface area contributed by atoms with E-state index in [-0.39, 0.29) is 15.9 Å². The predicted molar refractivity (Wildman–Crippen MR) is 71.2 cm³/mol. The van der Waals surface area contributed by atoms with E-state index in [9.17, 15) is 4.79 Å². The summed E-state index contributed by atoms with van der Waals surface area (Å²) in [5.41, 5.74) is 1.07. The summed E-state index contributed by atoms with van der Waals surface area (Å²) in [7, 11) is 0. The van der Waals surface area contributed by atoms with Crippen LogP contribution in [-0.2, 0) is 0 Å². The number of hydrogen-bond acceptors (Lipinski definition) is 3. The van der Waals surface area contributed by atoms with Gasteiger partial charge in [-0.1, -0.05) is 23.2 Å². The van der Waals surface area contributed by atoms with Gasteiger partial charge in [0.05, 0.1) is 5.02 Å². The van der Waals surface area contributed by atoms with Crippen LogP contribution in [-0.4, -0.2) is 15.9 Å². The number of nitrogens with zero attached hydrogens (tertiary/aromatic N) is 2. The van der Waals surface area contributed by atoms with Gasteiger partial charge >= 0.3 is 0 Å². The van der Waals surface area contributed by atoms with Crippen molar-refractivity contribution in [1.82, 2.24) is 9.97 Å². The van der Waals surface area contributed by atoms with Crippen molar-refractivity contribution in [1.29, 1.82) is 0 Å². The van der Waals surface area contributed by atoms with Crippen LogP contribution < -0.4 is 5.32 Å². The number of halogens is 2. The molecule has 0 aromatic carbocycles. The lowest BCUT2D eigenvalue weighted by molar-refractivity contribution is 0.102. The molecule has 1 amide bonds. The molecule has 2 aromatic heterocycles. The van der Waals surface area contributed by atoms with Gasteiger partial charge in [-0.05, 0) is 36.8 Å². The van der Waals surface area contributed by atoms with Crippen LogP contribution in [0.5, 0.6) is 0 Å². The molecule has 2 rings (SSSR count). The Morgan fingerprint density at radius 1 is 1.28 bits per heavy atom. The van der Waals surface area contributed by atoms with Gasteiger partial charge in [-0.15, -0.1) is 0 Å². The number of aromatic nitrogens is 2. The third kappa shape index (κ3) is 2.97. The number of carbonyl (C=O) groups is 1. The molecule has 0 spiro atoms. The summed E-state index contributed by atoms with van der Waals surface area (Å²) in [4.78, 5) is 19.8. The van der Waals surface area contributed by atoms with Gasteiger partial charge in [0, 0.05) is 6.20 Å². The fourth-order valence-corrected chi connectivity index (χ4v) is 1.70. The fraction of sp³-hybridized carbons (Fsp3) is 0.0833. The highest BCUT2D eigenvalue weighted by molar-refractivity contribution is 6.35. The van der Waals surface area contributed by atoms with Gasteiger partial charge < -0.3 is 5.32 Å². The van der Waals surface area contributed by atoms with Crippen molar-refractivity contribution in [3.05, 3.63) is 51.9 Å². The lowest BCUT2D eigenvalue weighted by Gasteiger charge is -2.06. The number of aryl methyl sites for hydroxylation is 1. The maximum absolute atomic E-state index is 11.9. The van der Waals surface area contributed by atoms with E-state index in [1.54, 1.807) is 12.3 Å². The van der Waals surface area contributed by atoms with Crippen molar-refractivity contribution in [2.75, 3.05) is 5.32 Å². The first-order chi connectivity index (χ1) is 8.56. The van der Waals surface area contributed by atoms with Crippen molar-refractivity contribution >= 4 is 34.9 Å². The molecule has 0 saturated carbocycles. The standard InChI is InChI=1S/C12H9Cl2N3O/c1-7-4-5-15-10(6-7)17-12(18)11-8(13)2-3-9(14)16-11/h2-6H,1H3,(H,15,17,18). The Morgan fingerprint density at radius 3 is 2.78 bits per heavy atom. The van der Waals surface area contributed by atoms with Crippen molar-refractivity contribution in [2.24, 2.45) is 0 Å². The second kappa shape index (κ2) is 5.33. The van der Waals surface area contributed by atoms with Gasteiger partial charge in [0.25, 0.3) is 5.91 Å². The van der Waals surface area contributed by atoms with Gasteiger partial charge in [-0.2, -0.15) is 0 Å². The molecule has 0 aliphatic rings. The second-order valence-electron chi connectivity index (χ2n) is 3.64. The fourth-order valence-electron chi connectivity index (χ4n) is 1.36. The smallest absolute Gasteiger partial charge is 0.277 e. The molecule has 0 atom stereocenters. The summed E-state index contributed by atoms with van der Waals surface area (Å²) in [5, 5.41) is 3.06. The van der Waals surface area contributed by atoms with E-state index in [0.717, 1.165) is 5.56 Å². The average molecular weight is 282 g/mol. The topological polar surface area (TPSA) is 54.9 Å². The molecule has 0 radical (unpaired) electrons. The predicted octanol–water partition coefficient (Wildman–Crippen LogP) is 3.34. The summed E-state index contributed by atoms with van der Waals surface area (Å²) in [6.07, 6.45) is 1.61. The summed E-state index contributed by atoms with van der Waals surface area (Å²) < 4.78 is 0. The van der Waals surface area contributed by atoms with Gasteiger partial charge in [0.1, 0.15) is 16.7 Å². The summed E-state index contributed by atoms with van der Waals surface area (Å²) >= 11 is 11.6. The number of rotatable bonds is 2. The molecule has 0 aliphatic carbocycles. The number of anilines is 1. The van der Waals surface area contributed by atoms with Crippen LogP contribution in [0.3, 0.4) is 0 Å². The van der Waals surface area contributed by atoms with Crippen molar-refractivity contribution < 1.29 is 4.79 Å². The first-order valence-electron chi connectivity index (χ1n) is 5.12. The molecule has 0 fully saturated rings. The number of pyridine rings is 2. The minimum atomic E-state index is -0.444. The Bertz CT molecular complexity index is 602. The van der Waals surface area contributed by atoms with Gasteiger partial charge in [0.15, 0.2) is 0 Å². The summed E-state index contributed by atoms with van der Waals surface area (Å²) in [6, 6.07) is 6.62. The van der Waals surface area contributed by atoms with E-state index in [0.29, 0.717) is 5.82 Å². The minimum absolute atomic E-state index is 0.0764. The highest BCUT2D eigenvalue weighted by atomic mass is 35.5. The van der Waals surface area contributed by atoms with Crippen LogP contribution in [0.2, 0.25) is 10.2 Å². The highest BCUT2D eigenvalue weighted by Crippen LogP contribution is 2.18. The summed E-state index contributed by atoms with van der Waals surface area (Å²) in [6.45, 7) is 1.90. The molecule has 0 aliphatic heterocycles. The number of carbonyl (C=O) groups excluding carboxylic acids is 1. The van der Waals surface area contributed by atoms with E-state index in [4.69, 9.17) is 23.2 Å². The van der Waals surface area contributed by atoms with Crippen LogP contribution in [0.25, 0.3) is 0 Å². The Hall–Kier alpha value is -1.65. The van der Waals surface area contributed by atoms with Gasteiger partial charge in [-0.3, -0.25) is 4.79 Å². The van der Waals surface area contributed by atoms with E-state index < -0.39 is 5.91 Å². The van der Waals surface area contributed by atoms with E-state index in [1.165, 1.54) is 12.1 Å². The molecule has 6 heteroatoms. The number of amides is 1. The molecule has 0 bridgehead atoms. The molecule has 4 nitrogen and oxygen atoms in total. The SMILES string of the molecule is Cc1ccnc(NC(=O)c2nc(Cl)ccc2Cl)c1. The Morgan fingerprint density at radius 2 is 2.06 bits per heavy atom. The van der Waals surface area contributed by atoms with Crippen LogP contribution in [0.4, 0.5) is 5.82 Å². The average Bonchev–Trinajstić information content (AvgIpc) is 2.32. The van der Waals surface area contributed by atoms with Crippen LogP contribution in [0, 0.1) is 6.92 Å². The largest absolute Gasteiger partial charge is 0.305 e. The van der Waals surface area contributed by atoms with Crippen LogP contribution >= 0.6 is 23.2 Å². The van der Waals surface area contributed by atoms with E-state index in [2.05, 4.69) is 15.3 Å². The van der Waals surface area contributed by atoms with Crippen molar-refractivity contribution in [3.63, 3.8) is 0 Å². The van der Waals surface area contributed by atoms with Crippen molar-refractivity contribution in [2.45, 2.75) is 6.92 Å². The molecule has 92 valence electrons. The Labute approximate surface area is 114 Å². The van der Waals surface area contributed by atoms with Crippen LogP contribution in [0.15, 0.2) is 30.5 Å². The molecular formula is C12H9Cl2N3O. The zero-order valence-corrected chi connectivity index (χ0v) is 11.0. The van der Waals surface area contributed by atoms with E-state index >= 15 is 0 Å².